The molecule has 0 rings (SSSR count). The number of carbonyl (C=O) groups is 1. The Morgan fingerprint density at radius 2 is 1.53 bits per heavy atom. The van der Waals surface area contributed by atoms with Gasteiger partial charge in [0.05, 0.1) is 12.2 Å². The average Bonchev–Trinajstić information content (AvgIpc) is 1.96. The molecule has 0 saturated heterocycles. The molecule has 0 heterocycles. The van der Waals surface area contributed by atoms with E-state index in [4.69, 9.17) is 32.2 Å². The summed E-state index contributed by atoms with van der Waals surface area (Å²) in [6.45, 7) is 7.85. The maximum absolute atomic E-state index is 12.5. The Morgan fingerprint density at radius 1 is 1.18 bits per heavy atom. The van der Waals surface area contributed by atoms with Crippen LogP contribution in [0, 0.1) is 0 Å². The fourth-order valence-electron chi connectivity index (χ4n) is 0.993. The summed E-state index contributed by atoms with van der Waals surface area (Å²) in [7, 11) is -3.89. The van der Waals surface area contributed by atoms with Crippen molar-refractivity contribution in [2.24, 2.45) is 0 Å². The van der Waals surface area contributed by atoms with Crippen molar-refractivity contribution in [2.45, 2.75) is 51.0 Å². The van der Waals surface area contributed by atoms with E-state index in [2.05, 4.69) is 5.32 Å². The van der Waals surface area contributed by atoms with Gasteiger partial charge in [-0.3, -0.25) is 9.36 Å². The number of nitrogens with one attached hydrogen (secondary N) is 1. The number of carbonyl (C=O) groups excluding carboxylic acids is 1. The molecule has 0 radical (unpaired) electrons. The molecule has 0 atom stereocenters. The van der Waals surface area contributed by atoms with Crippen molar-refractivity contribution in [2.75, 3.05) is 0 Å². The third-order valence-corrected chi connectivity index (χ3v) is 5.00. The topological polar surface area (TPSA) is 64.6 Å². The van der Waals surface area contributed by atoms with E-state index in [0.717, 1.165) is 0 Å². The summed E-state index contributed by atoms with van der Waals surface area (Å²) in [5.74, 6) is -0.532. The van der Waals surface area contributed by atoms with Gasteiger partial charge in [0.1, 0.15) is 0 Å². The van der Waals surface area contributed by atoms with Gasteiger partial charge in [0.15, 0.2) is 0 Å². The van der Waals surface area contributed by atoms with Crippen molar-refractivity contribution >= 4 is 36.7 Å². The molecule has 0 spiro atoms. The molecule has 1 amide bonds. The smallest absolute Gasteiger partial charge is 0.315 e. The molecule has 102 valence electrons. The molecule has 0 saturated carbocycles. The van der Waals surface area contributed by atoms with Crippen LogP contribution in [-0.2, 0) is 18.4 Å². The Kier molecular flexibility index (Phi) is 6.47. The van der Waals surface area contributed by atoms with Crippen LogP contribution in [0.4, 0.5) is 0 Å². The van der Waals surface area contributed by atoms with Crippen LogP contribution >= 0.6 is 30.8 Å². The van der Waals surface area contributed by atoms with Crippen LogP contribution in [0.25, 0.3) is 0 Å². The lowest BCUT2D eigenvalue weighted by atomic mass is 10.5. The molecule has 0 aliphatic heterocycles. The van der Waals surface area contributed by atoms with Gasteiger partial charge in [-0.05, 0) is 27.7 Å². The molecular formula is C9H18Cl2NO4P. The number of alkyl halides is 2. The minimum atomic E-state index is -3.89. The van der Waals surface area contributed by atoms with Crippen LogP contribution in [0.5, 0.6) is 0 Å². The molecule has 0 aliphatic rings. The molecule has 0 fully saturated rings. The second-order valence-electron chi connectivity index (χ2n) is 4.03. The number of hydrogen-bond acceptors (Lipinski definition) is 4. The lowest BCUT2D eigenvalue weighted by molar-refractivity contribution is -0.119. The Morgan fingerprint density at radius 3 is 1.76 bits per heavy atom. The molecule has 0 aliphatic carbocycles. The molecule has 0 bridgehead atoms. The third-order valence-electron chi connectivity index (χ3n) is 1.37. The lowest BCUT2D eigenvalue weighted by Gasteiger charge is -2.31. The highest BCUT2D eigenvalue weighted by Gasteiger charge is 2.51. The van der Waals surface area contributed by atoms with Crippen LogP contribution in [-0.4, -0.2) is 22.3 Å². The molecule has 5 nitrogen and oxygen atoms in total. The highest BCUT2D eigenvalue weighted by molar-refractivity contribution is 7.60. The van der Waals surface area contributed by atoms with Gasteiger partial charge in [-0.15, -0.1) is 0 Å². The van der Waals surface area contributed by atoms with Crippen molar-refractivity contribution in [1.29, 1.82) is 0 Å². The predicted octanol–water partition coefficient (Wildman–Crippen LogP) is 3.25. The Bertz CT molecular complexity index is 306. The van der Waals surface area contributed by atoms with Crippen LogP contribution in [0.15, 0.2) is 0 Å². The third kappa shape index (κ3) is 5.58. The monoisotopic (exact) mass is 305 g/mol. The van der Waals surface area contributed by atoms with E-state index in [1.165, 1.54) is 6.92 Å². The second kappa shape index (κ2) is 6.39. The van der Waals surface area contributed by atoms with E-state index >= 15 is 0 Å². The first-order chi connectivity index (χ1) is 7.50. The van der Waals surface area contributed by atoms with Crippen LogP contribution in [0.3, 0.4) is 0 Å². The minimum absolute atomic E-state index is 0.412. The molecular weight excluding hydrogens is 288 g/mol. The van der Waals surface area contributed by atoms with E-state index in [0.29, 0.717) is 0 Å². The average molecular weight is 306 g/mol. The normalized spacial score (nSPS) is 13.2. The molecule has 17 heavy (non-hydrogen) atoms. The fraction of sp³-hybridized carbons (Fsp3) is 0.889. The molecule has 8 heteroatoms. The van der Waals surface area contributed by atoms with E-state index in [1.54, 1.807) is 27.7 Å². The first-order valence-corrected chi connectivity index (χ1v) is 7.43. The van der Waals surface area contributed by atoms with Gasteiger partial charge in [-0.25, -0.2) is 0 Å². The molecule has 0 unspecified atom stereocenters. The van der Waals surface area contributed by atoms with Gasteiger partial charge in [0.25, 0.3) is 4.20 Å². The van der Waals surface area contributed by atoms with E-state index in [1.807, 2.05) is 0 Å². The van der Waals surface area contributed by atoms with Crippen LogP contribution in [0.1, 0.15) is 34.6 Å². The van der Waals surface area contributed by atoms with Gasteiger partial charge in [-0.1, -0.05) is 23.2 Å². The first-order valence-electron chi connectivity index (χ1n) is 5.13. The maximum Gasteiger partial charge on any atom is 0.387 e. The molecule has 0 aromatic rings. The number of hydrogen-bond donors (Lipinski definition) is 1. The van der Waals surface area contributed by atoms with Crippen molar-refractivity contribution in [3.05, 3.63) is 0 Å². The zero-order chi connectivity index (χ0) is 13.9. The summed E-state index contributed by atoms with van der Waals surface area (Å²) in [5.41, 5.74) is 0. The van der Waals surface area contributed by atoms with Crippen LogP contribution in [0.2, 0.25) is 0 Å². The maximum atomic E-state index is 12.5. The lowest BCUT2D eigenvalue weighted by Crippen LogP contribution is -2.39. The van der Waals surface area contributed by atoms with E-state index in [-0.39, 0.29) is 0 Å². The van der Waals surface area contributed by atoms with Gasteiger partial charge >= 0.3 is 7.60 Å². The minimum Gasteiger partial charge on any atom is -0.315 e. The highest BCUT2D eigenvalue weighted by Crippen LogP contribution is 2.64. The standard InChI is InChI=1S/C9H18Cl2NO4P/c1-6(2)15-17(14,16-7(3)4)9(10,11)12-8(5)13/h6-7H,1-5H3,(H,12,13). The van der Waals surface area contributed by atoms with Gasteiger partial charge in [-0.2, -0.15) is 0 Å². The Hall–Kier alpha value is 0.200. The highest BCUT2D eigenvalue weighted by atomic mass is 35.5. The zero-order valence-corrected chi connectivity index (χ0v) is 12.9. The van der Waals surface area contributed by atoms with Crippen molar-refractivity contribution < 1.29 is 18.4 Å². The van der Waals surface area contributed by atoms with E-state index in [9.17, 15) is 9.36 Å². The number of rotatable bonds is 6. The summed E-state index contributed by atoms with van der Waals surface area (Å²) in [6.07, 6.45) is -0.824. The quantitative estimate of drug-likeness (QED) is 0.465. The molecule has 0 aromatic carbocycles. The van der Waals surface area contributed by atoms with Gasteiger partial charge in [0, 0.05) is 6.92 Å². The fourth-order valence-corrected chi connectivity index (χ4v) is 3.46. The largest absolute Gasteiger partial charge is 0.387 e. The SMILES string of the molecule is CC(=O)NC(Cl)(Cl)P(=O)(OC(C)C)OC(C)C. The van der Waals surface area contributed by atoms with Gasteiger partial charge < -0.3 is 14.4 Å². The summed E-state index contributed by atoms with van der Waals surface area (Å²) in [4.78, 5) is 11.0. The zero-order valence-electron chi connectivity index (χ0n) is 10.5. The molecule has 1 N–H and O–H groups in total. The predicted molar refractivity (Wildman–Crippen MR) is 68.3 cm³/mol. The Labute approximate surface area is 112 Å². The number of amides is 1. The van der Waals surface area contributed by atoms with Gasteiger partial charge in [0.2, 0.25) is 5.91 Å². The van der Waals surface area contributed by atoms with Crippen molar-refractivity contribution in [3.63, 3.8) is 0 Å². The number of halogens is 2. The summed E-state index contributed by atoms with van der Waals surface area (Å²) in [6, 6.07) is 0. The van der Waals surface area contributed by atoms with Crippen molar-refractivity contribution in [3.8, 4) is 0 Å². The van der Waals surface area contributed by atoms with Crippen LogP contribution < -0.4 is 5.32 Å². The second-order valence-corrected chi connectivity index (χ2v) is 7.97. The summed E-state index contributed by atoms with van der Waals surface area (Å²) in [5, 5.41) is 2.15. The summed E-state index contributed by atoms with van der Waals surface area (Å²) >= 11 is 11.7. The van der Waals surface area contributed by atoms with E-state index < -0.39 is 29.9 Å². The Balaban J connectivity index is 5.14. The van der Waals surface area contributed by atoms with Crippen molar-refractivity contribution in [1.82, 2.24) is 5.32 Å². The summed E-state index contributed by atoms with van der Waals surface area (Å²) < 4.78 is 20.7. The molecule has 0 aromatic heterocycles. The first kappa shape index (κ1) is 17.2.